The number of fused-ring (bicyclic) bond motifs is 1. The van der Waals surface area contributed by atoms with Gasteiger partial charge in [-0.15, -0.1) is 0 Å². The zero-order valence-electron chi connectivity index (χ0n) is 11.8. The van der Waals surface area contributed by atoms with Gasteiger partial charge in [0.15, 0.2) is 0 Å². The highest BCUT2D eigenvalue weighted by atomic mass is 16.5. The summed E-state index contributed by atoms with van der Waals surface area (Å²) >= 11 is 0. The molecule has 0 spiro atoms. The lowest BCUT2D eigenvalue weighted by Crippen LogP contribution is -2.13. The molecule has 1 aromatic carbocycles. The van der Waals surface area contributed by atoms with Crippen molar-refractivity contribution in [3.8, 4) is 0 Å². The smallest absolute Gasteiger partial charge is 0.343 e. The summed E-state index contributed by atoms with van der Waals surface area (Å²) in [6, 6.07) is 7.66. The Morgan fingerprint density at radius 3 is 2.90 bits per heavy atom. The van der Waals surface area contributed by atoms with Gasteiger partial charge in [-0.3, -0.25) is 0 Å². The number of nitrogens with zero attached hydrogens (tertiary/aromatic N) is 1. The summed E-state index contributed by atoms with van der Waals surface area (Å²) in [4.78, 5) is 19.6. The number of H-pyrrole nitrogens is 1. The van der Waals surface area contributed by atoms with E-state index < -0.39 is 0 Å². The summed E-state index contributed by atoms with van der Waals surface area (Å²) in [7, 11) is 0. The molecule has 0 atom stereocenters. The largest absolute Gasteiger partial charge is 0.462 e. The molecule has 1 aromatic heterocycles. The molecule has 0 amide bonds. The molecular weight excluding hydrogens is 254 g/mol. The van der Waals surface area contributed by atoms with Gasteiger partial charge in [0.05, 0.1) is 17.6 Å². The molecule has 0 radical (unpaired) electrons. The number of hydrogen-bond acceptors (Lipinski definition) is 4. The van der Waals surface area contributed by atoms with E-state index in [-0.39, 0.29) is 5.97 Å². The number of rotatable bonds is 6. The molecule has 0 saturated heterocycles. The van der Waals surface area contributed by atoms with Crippen LogP contribution in [0.4, 0.5) is 0 Å². The maximum atomic E-state index is 12.0. The number of ether oxygens (including phenoxy) is 1. The van der Waals surface area contributed by atoms with Crippen molar-refractivity contribution in [3.05, 3.63) is 36.3 Å². The standard InChI is InChI=1S/C15H19N3O2/c1-3-9-16-10-11(15(19)20-4-2)14-17-12-7-5-6-8-13(12)18-14/h5-8,10,16H,3-4,9H2,1-2H3,(H,17,18)/b11-10+. The first-order chi connectivity index (χ1) is 9.76. The van der Waals surface area contributed by atoms with E-state index in [1.165, 1.54) is 0 Å². The third kappa shape index (κ3) is 3.17. The second-order valence-corrected chi connectivity index (χ2v) is 4.34. The molecule has 0 aliphatic carbocycles. The number of carbonyl (C=O) groups excluding carboxylic acids is 1. The van der Waals surface area contributed by atoms with Gasteiger partial charge in [-0.05, 0) is 25.5 Å². The fourth-order valence-corrected chi connectivity index (χ4v) is 1.83. The number of benzene rings is 1. The minimum Gasteiger partial charge on any atom is -0.462 e. The van der Waals surface area contributed by atoms with Gasteiger partial charge in [-0.25, -0.2) is 9.78 Å². The van der Waals surface area contributed by atoms with Gasteiger partial charge in [-0.1, -0.05) is 19.1 Å². The second-order valence-electron chi connectivity index (χ2n) is 4.34. The fraction of sp³-hybridized carbons (Fsp3) is 0.333. The van der Waals surface area contributed by atoms with Crippen LogP contribution >= 0.6 is 0 Å². The third-order valence-electron chi connectivity index (χ3n) is 2.78. The van der Waals surface area contributed by atoms with E-state index in [0.29, 0.717) is 18.0 Å². The molecule has 5 heteroatoms. The van der Waals surface area contributed by atoms with E-state index >= 15 is 0 Å². The van der Waals surface area contributed by atoms with Crippen molar-refractivity contribution in [2.45, 2.75) is 20.3 Å². The van der Waals surface area contributed by atoms with Gasteiger partial charge in [0.2, 0.25) is 0 Å². The lowest BCUT2D eigenvalue weighted by molar-refractivity contribution is -0.136. The van der Waals surface area contributed by atoms with Crippen LogP contribution in [0.3, 0.4) is 0 Å². The molecule has 0 saturated carbocycles. The van der Waals surface area contributed by atoms with Gasteiger partial charge in [0.1, 0.15) is 11.4 Å². The minimum atomic E-state index is -0.379. The normalized spacial score (nSPS) is 11.6. The molecule has 0 bridgehead atoms. The van der Waals surface area contributed by atoms with E-state index in [0.717, 1.165) is 24.0 Å². The zero-order valence-corrected chi connectivity index (χ0v) is 11.8. The van der Waals surface area contributed by atoms with Crippen molar-refractivity contribution in [1.29, 1.82) is 0 Å². The molecule has 2 rings (SSSR count). The van der Waals surface area contributed by atoms with Crippen LogP contribution in [-0.2, 0) is 9.53 Å². The maximum absolute atomic E-state index is 12.0. The highest BCUT2D eigenvalue weighted by Crippen LogP contribution is 2.17. The van der Waals surface area contributed by atoms with Crippen LogP contribution in [0.25, 0.3) is 16.6 Å². The van der Waals surface area contributed by atoms with Crippen molar-refractivity contribution < 1.29 is 9.53 Å². The average molecular weight is 273 g/mol. The number of aromatic nitrogens is 2. The maximum Gasteiger partial charge on any atom is 0.343 e. The van der Waals surface area contributed by atoms with E-state index in [9.17, 15) is 4.79 Å². The van der Waals surface area contributed by atoms with Gasteiger partial charge in [0.25, 0.3) is 0 Å². The highest BCUT2D eigenvalue weighted by Gasteiger charge is 2.17. The lowest BCUT2D eigenvalue weighted by Gasteiger charge is -2.05. The third-order valence-corrected chi connectivity index (χ3v) is 2.78. The van der Waals surface area contributed by atoms with Crippen LogP contribution < -0.4 is 5.32 Å². The summed E-state index contributed by atoms with van der Waals surface area (Å²) in [5.41, 5.74) is 2.14. The molecule has 106 valence electrons. The Morgan fingerprint density at radius 2 is 2.20 bits per heavy atom. The van der Waals surface area contributed by atoms with Gasteiger partial charge >= 0.3 is 5.97 Å². The van der Waals surface area contributed by atoms with Crippen LogP contribution in [0.1, 0.15) is 26.1 Å². The van der Waals surface area contributed by atoms with Crippen molar-refractivity contribution in [3.63, 3.8) is 0 Å². The van der Waals surface area contributed by atoms with Crippen molar-refractivity contribution in [2.75, 3.05) is 13.2 Å². The van der Waals surface area contributed by atoms with Crippen molar-refractivity contribution >= 4 is 22.6 Å². The Labute approximate surface area is 118 Å². The summed E-state index contributed by atoms with van der Waals surface area (Å²) in [5.74, 6) is 0.142. The number of nitrogens with one attached hydrogen (secondary N) is 2. The monoisotopic (exact) mass is 273 g/mol. The van der Waals surface area contributed by atoms with Gasteiger partial charge < -0.3 is 15.0 Å². The van der Waals surface area contributed by atoms with E-state index in [1.54, 1.807) is 13.1 Å². The molecule has 1 heterocycles. The second kappa shape index (κ2) is 6.75. The summed E-state index contributed by atoms with van der Waals surface area (Å²) in [6.07, 6.45) is 2.64. The topological polar surface area (TPSA) is 67.0 Å². The first-order valence-corrected chi connectivity index (χ1v) is 6.82. The summed E-state index contributed by atoms with van der Waals surface area (Å²) in [5, 5.41) is 3.09. The van der Waals surface area contributed by atoms with E-state index in [2.05, 4.69) is 22.2 Å². The Kier molecular flexibility index (Phi) is 4.76. The Balaban J connectivity index is 2.33. The van der Waals surface area contributed by atoms with E-state index in [4.69, 9.17) is 4.74 Å². The Bertz CT molecular complexity index is 583. The molecule has 20 heavy (non-hydrogen) atoms. The number of carbonyl (C=O) groups is 1. The Hall–Kier alpha value is -2.30. The number of aromatic amines is 1. The van der Waals surface area contributed by atoms with Crippen LogP contribution in [-0.4, -0.2) is 29.1 Å². The predicted octanol–water partition coefficient (Wildman–Crippen LogP) is 2.47. The minimum absolute atomic E-state index is 0.337. The summed E-state index contributed by atoms with van der Waals surface area (Å²) < 4.78 is 5.08. The predicted molar refractivity (Wildman–Crippen MR) is 79.0 cm³/mol. The molecule has 0 aliphatic rings. The molecular formula is C15H19N3O2. The molecule has 2 aromatic rings. The molecule has 0 fully saturated rings. The first-order valence-electron chi connectivity index (χ1n) is 6.82. The van der Waals surface area contributed by atoms with Crippen molar-refractivity contribution in [1.82, 2.24) is 15.3 Å². The van der Waals surface area contributed by atoms with Crippen LogP contribution in [0, 0.1) is 0 Å². The number of imidazole rings is 1. The molecule has 5 nitrogen and oxygen atoms in total. The molecule has 2 N–H and O–H groups in total. The highest BCUT2D eigenvalue weighted by molar-refractivity contribution is 6.15. The first kappa shape index (κ1) is 14.1. The van der Waals surface area contributed by atoms with Gasteiger partial charge in [0, 0.05) is 12.7 Å². The van der Waals surface area contributed by atoms with Crippen LogP contribution in [0.15, 0.2) is 30.5 Å². The van der Waals surface area contributed by atoms with Gasteiger partial charge in [-0.2, -0.15) is 0 Å². The molecule has 0 aliphatic heterocycles. The van der Waals surface area contributed by atoms with Crippen LogP contribution in [0.5, 0.6) is 0 Å². The number of esters is 1. The van der Waals surface area contributed by atoms with Crippen molar-refractivity contribution in [2.24, 2.45) is 0 Å². The van der Waals surface area contributed by atoms with E-state index in [1.807, 2.05) is 24.3 Å². The Morgan fingerprint density at radius 1 is 1.40 bits per heavy atom. The number of hydrogen-bond donors (Lipinski definition) is 2. The number of para-hydroxylation sites is 2. The zero-order chi connectivity index (χ0) is 14.4. The quantitative estimate of drug-likeness (QED) is 0.482. The summed E-state index contributed by atoms with van der Waals surface area (Å²) in [6.45, 7) is 4.98. The SMILES string of the molecule is CCCN/C=C(/C(=O)OCC)c1nc2ccccc2[nH]1. The van der Waals surface area contributed by atoms with Crippen LogP contribution in [0.2, 0.25) is 0 Å². The fourth-order valence-electron chi connectivity index (χ4n) is 1.83. The average Bonchev–Trinajstić information content (AvgIpc) is 2.87. The lowest BCUT2D eigenvalue weighted by atomic mass is 10.2. The molecule has 0 unspecified atom stereocenters.